The van der Waals surface area contributed by atoms with Gasteiger partial charge in [0.2, 0.25) is 0 Å². The van der Waals surface area contributed by atoms with Crippen molar-refractivity contribution in [3.05, 3.63) is 4.88 Å². The fraction of sp³-hybridized carbons (Fsp3) is 0.583. The minimum atomic E-state index is -0.681. The first-order valence-electron chi connectivity index (χ1n) is 5.91. The molecule has 0 saturated carbocycles. The molecule has 19 heavy (non-hydrogen) atoms. The van der Waals surface area contributed by atoms with Gasteiger partial charge in [0.25, 0.3) is 0 Å². The second-order valence-electron chi connectivity index (χ2n) is 4.84. The van der Waals surface area contributed by atoms with Gasteiger partial charge in [0.05, 0.1) is 23.3 Å². The molecule has 1 aliphatic heterocycles. The molecule has 1 atom stereocenters. The van der Waals surface area contributed by atoms with Gasteiger partial charge in [-0.15, -0.1) is 23.1 Å². The van der Waals surface area contributed by atoms with Gasteiger partial charge >= 0.3 is 5.97 Å². The maximum atomic E-state index is 11.7. The summed E-state index contributed by atoms with van der Waals surface area (Å²) < 4.78 is 4.75. The van der Waals surface area contributed by atoms with Gasteiger partial charge in [0.15, 0.2) is 0 Å². The maximum Gasteiger partial charge on any atom is 0.350 e. The summed E-state index contributed by atoms with van der Waals surface area (Å²) in [6, 6.07) is 0. The van der Waals surface area contributed by atoms with E-state index in [0.29, 0.717) is 23.5 Å². The Kier molecular flexibility index (Phi) is 3.98. The van der Waals surface area contributed by atoms with Crippen LogP contribution >= 0.6 is 23.1 Å². The molecule has 106 valence electrons. The number of esters is 1. The SMILES string of the molecule is COC(=O)c1sc(N2CCC(C)(O)C2)c(SC)c1N. The van der Waals surface area contributed by atoms with Crippen molar-refractivity contribution >= 4 is 39.8 Å². The molecule has 1 aromatic heterocycles. The summed E-state index contributed by atoms with van der Waals surface area (Å²) >= 11 is 2.85. The summed E-state index contributed by atoms with van der Waals surface area (Å²) in [6.07, 6.45) is 2.64. The van der Waals surface area contributed by atoms with Crippen molar-refractivity contribution in [2.24, 2.45) is 0 Å². The van der Waals surface area contributed by atoms with E-state index in [1.165, 1.54) is 30.2 Å². The predicted molar refractivity (Wildman–Crippen MR) is 79.3 cm³/mol. The molecule has 0 bridgehead atoms. The minimum Gasteiger partial charge on any atom is -0.465 e. The van der Waals surface area contributed by atoms with Crippen molar-refractivity contribution in [3.63, 3.8) is 0 Å². The van der Waals surface area contributed by atoms with Crippen molar-refractivity contribution in [2.45, 2.75) is 23.8 Å². The Morgan fingerprint density at radius 2 is 2.32 bits per heavy atom. The molecule has 1 saturated heterocycles. The largest absolute Gasteiger partial charge is 0.465 e. The van der Waals surface area contributed by atoms with Crippen LogP contribution in [0.4, 0.5) is 10.7 Å². The van der Waals surface area contributed by atoms with Gasteiger partial charge in [-0.2, -0.15) is 0 Å². The fourth-order valence-corrected chi connectivity index (χ4v) is 4.31. The molecule has 5 nitrogen and oxygen atoms in total. The van der Waals surface area contributed by atoms with E-state index in [1.54, 1.807) is 0 Å². The van der Waals surface area contributed by atoms with Crippen molar-refractivity contribution in [1.82, 2.24) is 0 Å². The third kappa shape index (κ3) is 2.68. The van der Waals surface area contributed by atoms with Crippen LogP contribution in [0.1, 0.15) is 23.0 Å². The third-order valence-electron chi connectivity index (χ3n) is 3.20. The summed E-state index contributed by atoms with van der Waals surface area (Å²) in [5, 5.41) is 11.0. The zero-order valence-corrected chi connectivity index (χ0v) is 12.9. The van der Waals surface area contributed by atoms with E-state index in [1.807, 2.05) is 13.2 Å². The van der Waals surface area contributed by atoms with Gasteiger partial charge < -0.3 is 20.5 Å². The number of rotatable bonds is 3. The van der Waals surface area contributed by atoms with Gasteiger partial charge in [0.1, 0.15) is 9.88 Å². The zero-order chi connectivity index (χ0) is 14.2. The monoisotopic (exact) mass is 302 g/mol. The van der Waals surface area contributed by atoms with E-state index in [4.69, 9.17) is 10.5 Å². The molecular formula is C12H18N2O3S2. The molecule has 1 aliphatic rings. The number of β-amino-alcohol motifs (C(OH)–C–C–N with tert-alkyl or cyclic N) is 1. The van der Waals surface area contributed by atoms with Crippen LogP contribution in [0.2, 0.25) is 0 Å². The highest BCUT2D eigenvalue weighted by molar-refractivity contribution is 7.99. The van der Waals surface area contributed by atoms with E-state index >= 15 is 0 Å². The standard InChI is InChI=1S/C12H18N2O3S2/c1-12(16)4-5-14(6-12)10-8(18-3)7(13)9(19-10)11(15)17-2/h16H,4-6,13H2,1-3H3. The Bertz CT molecular complexity index is 499. The zero-order valence-electron chi connectivity index (χ0n) is 11.2. The van der Waals surface area contributed by atoms with E-state index in [0.717, 1.165) is 16.4 Å². The number of carbonyl (C=O) groups is 1. The molecule has 1 unspecified atom stereocenters. The van der Waals surface area contributed by atoms with E-state index in [-0.39, 0.29) is 0 Å². The van der Waals surface area contributed by atoms with Crippen LogP contribution < -0.4 is 10.6 Å². The lowest BCUT2D eigenvalue weighted by atomic mass is 10.1. The molecule has 0 radical (unpaired) electrons. The summed E-state index contributed by atoms with van der Waals surface area (Å²) in [5.41, 5.74) is 5.82. The summed E-state index contributed by atoms with van der Waals surface area (Å²) in [7, 11) is 1.35. The number of anilines is 2. The summed E-state index contributed by atoms with van der Waals surface area (Å²) in [6.45, 7) is 3.15. The number of nitrogens with two attached hydrogens (primary N) is 1. The lowest BCUT2D eigenvalue weighted by Gasteiger charge is -2.20. The highest BCUT2D eigenvalue weighted by Crippen LogP contribution is 2.45. The number of carbonyl (C=O) groups excluding carboxylic acids is 1. The number of thioether (sulfide) groups is 1. The van der Waals surface area contributed by atoms with Crippen LogP contribution in [0.25, 0.3) is 0 Å². The van der Waals surface area contributed by atoms with E-state index in [2.05, 4.69) is 4.90 Å². The Morgan fingerprint density at radius 3 is 2.79 bits per heavy atom. The molecule has 0 amide bonds. The average Bonchev–Trinajstić information content (AvgIpc) is 2.88. The Hall–Kier alpha value is -0.920. The van der Waals surface area contributed by atoms with Gasteiger partial charge in [0, 0.05) is 13.1 Å². The molecule has 2 heterocycles. The molecule has 0 spiro atoms. The Balaban J connectivity index is 2.38. The lowest BCUT2D eigenvalue weighted by molar-refractivity contribution is 0.0607. The molecule has 1 aromatic rings. The number of thiophene rings is 1. The summed E-state index contributed by atoms with van der Waals surface area (Å²) in [4.78, 5) is 15.1. The second-order valence-corrected chi connectivity index (χ2v) is 6.66. The number of nitrogens with zero attached hydrogens (tertiary/aromatic N) is 1. The van der Waals surface area contributed by atoms with Crippen LogP contribution in [0, 0.1) is 0 Å². The van der Waals surface area contributed by atoms with Crippen molar-refractivity contribution in [1.29, 1.82) is 0 Å². The van der Waals surface area contributed by atoms with Gasteiger partial charge in [-0.1, -0.05) is 0 Å². The summed E-state index contributed by atoms with van der Waals surface area (Å²) in [5.74, 6) is -0.407. The first kappa shape index (κ1) is 14.5. The smallest absolute Gasteiger partial charge is 0.350 e. The van der Waals surface area contributed by atoms with Gasteiger partial charge in [-0.3, -0.25) is 0 Å². The normalized spacial score (nSPS) is 22.8. The van der Waals surface area contributed by atoms with Crippen molar-refractivity contribution in [2.75, 3.05) is 37.1 Å². The highest BCUT2D eigenvalue weighted by Gasteiger charge is 2.34. The quantitative estimate of drug-likeness (QED) is 0.655. The first-order valence-corrected chi connectivity index (χ1v) is 7.95. The molecule has 1 fully saturated rings. The third-order valence-corrected chi connectivity index (χ3v) is 5.39. The van der Waals surface area contributed by atoms with Crippen LogP contribution in [0.5, 0.6) is 0 Å². The maximum absolute atomic E-state index is 11.7. The minimum absolute atomic E-state index is 0.407. The van der Waals surface area contributed by atoms with Crippen LogP contribution in [0.3, 0.4) is 0 Å². The Morgan fingerprint density at radius 1 is 1.63 bits per heavy atom. The van der Waals surface area contributed by atoms with Crippen LogP contribution in [-0.4, -0.2) is 43.1 Å². The number of methoxy groups -OCH3 is 1. The van der Waals surface area contributed by atoms with Crippen molar-refractivity contribution in [3.8, 4) is 0 Å². The van der Waals surface area contributed by atoms with Crippen molar-refractivity contribution < 1.29 is 14.6 Å². The van der Waals surface area contributed by atoms with Crippen LogP contribution in [-0.2, 0) is 4.74 Å². The van der Waals surface area contributed by atoms with E-state index < -0.39 is 11.6 Å². The molecule has 0 aromatic carbocycles. The predicted octanol–water partition coefficient (Wildman–Crippen LogP) is 1.80. The average molecular weight is 302 g/mol. The Labute approximate surface area is 120 Å². The number of hydrogen-bond acceptors (Lipinski definition) is 7. The number of aliphatic hydroxyl groups is 1. The lowest BCUT2D eigenvalue weighted by Crippen LogP contribution is -2.29. The van der Waals surface area contributed by atoms with E-state index in [9.17, 15) is 9.90 Å². The second kappa shape index (κ2) is 5.22. The number of ether oxygens (including phenoxy) is 1. The number of nitrogen functional groups attached to an aromatic ring is 1. The van der Waals surface area contributed by atoms with Gasteiger partial charge in [-0.25, -0.2) is 4.79 Å². The van der Waals surface area contributed by atoms with Crippen LogP contribution in [0.15, 0.2) is 4.90 Å². The molecule has 3 N–H and O–H groups in total. The molecule has 0 aliphatic carbocycles. The molecule has 7 heteroatoms. The first-order chi connectivity index (χ1) is 8.89. The fourth-order valence-electron chi connectivity index (χ4n) is 2.18. The molecular weight excluding hydrogens is 284 g/mol. The topological polar surface area (TPSA) is 75.8 Å². The van der Waals surface area contributed by atoms with Gasteiger partial charge in [-0.05, 0) is 19.6 Å². The molecule has 2 rings (SSSR count). The highest BCUT2D eigenvalue weighted by atomic mass is 32.2. The number of hydrogen-bond donors (Lipinski definition) is 2.